The molecule has 1 nitrogen and oxygen atoms in total. The minimum atomic E-state index is -0.198. The minimum absolute atomic E-state index is 0.198. The highest BCUT2D eigenvalue weighted by Gasteiger charge is 2.02. The zero-order chi connectivity index (χ0) is 12.0. The van der Waals surface area contributed by atoms with Gasteiger partial charge in [0.1, 0.15) is 5.82 Å². The fourth-order valence-electron chi connectivity index (χ4n) is 1.52. The van der Waals surface area contributed by atoms with Gasteiger partial charge in [-0.05, 0) is 49.5 Å². The van der Waals surface area contributed by atoms with Gasteiger partial charge in [-0.25, -0.2) is 4.39 Å². The molecule has 1 aromatic rings. The maximum absolute atomic E-state index is 13.4. The predicted octanol–water partition coefficient (Wildman–Crippen LogP) is 3.66. The van der Waals surface area contributed by atoms with Crippen LogP contribution in [0.3, 0.4) is 0 Å². The normalized spacial score (nSPS) is 11.1. The van der Waals surface area contributed by atoms with E-state index in [1.165, 1.54) is 6.07 Å². The van der Waals surface area contributed by atoms with E-state index < -0.39 is 0 Å². The first-order chi connectivity index (χ1) is 7.59. The highest BCUT2D eigenvalue weighted by Crippen LogP contribution is 2.15. The molecular weight excluding hydrogens is 225 g/mol. The number of nitrogens with one attached hydrogen (secondary N) is 1. The molecule has 1 aromatic carbocycles. The van der Waals surface area contributed by atoms with Crippen molar-refractivity contribution in [1.82, 2.24) is 5.32 Å². The number of hydrogen-bond acceptors (Lipinski definition) is 1. The van der Waals surface area contributed by atoms with E-state index >= 15 is 0 Å². The molecule has 0 spiro atoms. The largest absolute Gasteiger partial charge is 0.316 e. The molecule has 0 heterocycles. The van der Waals surface area contributed by atoms with Gasteiger partial charge >= 0.3 is 0 Å². The van der Waals surface area contributed by atoms with Crippen molar-refractivity contribution in [2.45, 2.75) is 26.7 Å². The second-order valence-corrected chi connectivity index (χ2v) is 4.87. The molecular formula is C13H19ClFN. The molecule has 0 saturated carbocycles. The summed E-state index contributed by atoms with van der Waals surface area (Å²) < 4.78 is 13.4. The van der Waals surface area contributed by atoms with E-state index in [0.717, 1.165) is 31.5 Å². The lowest BCUT2D eigenvalue weighted by atomic mass is 10.1. The molecule has 0 unspecified atom stereocenters. The van der Waals surface area contributed by atoms with E-state index in [1.807, 2.05) is 0 Å². The summed E-state index contributed by atoms with van der Waals surface area (Å²) >= 11 is 5.68. The van der Waals surface area contributed by atoms with Gasteiger partial charge in [0, 0.05) is 5.02 Å². The average molecular weight is 244 g/mol. The maximum atomic E-state index is 13.4. The first-order valence-corrected chi connectivity index (χ1v) is 6.12. The summed E-state index contributed by atoms with van der Waals surface area (Å²) in [5.74, 6) is 0.462. The predicted molar refractivity (Wildman–Crippen MR) is 67.4 cm³/mol. The van der Waals surface area contributed by atoms with Crippen LogP contribution in [0.4, 0.5) is 4.39 Å². The maximum Gasteiger partial charge on any atom is 0.127 e. The van der Waals surface area contributed by atoms with Gasteiger partial charge in [0.05, 0.1) is 0 Å². The van der Waals surface area contributed by atoms with Crippen molar-refractivity contribution in [1.29, 1.82) is 0 Å². The van der Waals surface area contributed by atoms with Crippen molar-refractivity contribution in [3.05, 3.63) is 34.6 Å². The van der Waals surface area contributed by atoms with Gasteiger partial charge < -0.3 is 5.32 Å². The van der Waals surface area contributed by atoms with Crippen molar-refractivity contribution in [2.75, 3.05) is 13.1 Å². The molecule has 90 valence electrons. The first-order valence-electron chi connectivity index (χ1n) is 5.74. The van der Waals surface area contributed by atoms with Crippen LogP contribution in [-0.4, -0.2) is 13.1 Å². The third kappa shape index (κ3) is 4.95. The summed E-state index contributed by atoms with van der Waals surface area (Å²) in [6, 6.07) is 4.88. The zero-order valence-corrected chi connectivity index (χ0v) is 10.6. The minimum Gasteiger partial charge on any atom is -0.316 e. The topological polar surface area (TPSA) is 12.0 Å². The molecule has 0 fully saturated rings. The van der Waals surface area contributed by atoms with E-state index in [9.17, 15) is 4.39 Å². The van der Waals surface area contributed by atoms with Gasteiger partial charge in [-0.3, -0.25) is 0 Å². The molecule has 1 N–H and O–H groups in total. The smallest absolute Gasteiger partial charge is 0.127 e. The Hall–Kier alpha value is -0.600. The molecule has 0 amide bonds. The van der Waals surface area contributed by atoms with Crippen LogP contribution >= 0.6 is 11.6 Å². The lowest BCUT2D eigenvalue weighted by Crippen LogP contribution is -2.21. The number of halogens is 2. The summed E-state index contributed by atoms with van der Waals surface area (Å²) in [7, 11) is 0. The van der Waals surface area contributed by atoms with Gasteiger partial charge in [-0.1, -0.05) is 31.5 Å². The van der Waals surface area contributed by atoms with E-state index in [2.05, 4.69) is 19.2 Å². The van der Waals surface area contributed by atoms with E-state index in [0.29, 0.717) is 10.9 Å². The number of benzene rings is 1. The third-order valence-electron chi connectivity index (χ3n) is 2.37. The third-order valence-corrected chi connectivity index (χ3v) is 2.60. The highest BCUT2D eigenvalue weighted by atomic mass is 35.5. The lowest BCUT2D eigenvalue weighted by molar-refractivity contribution is 0.538. The molecule has 0 saturated heterocycles. The first kappa shape index (κ1) is 13.5. The number of rotatable bonds is 6. The molecule has 0 aliphatic carbocycles. The van der Waals surface area contributed by atoms with Crippen LogP contribution in [0.5, 0.6) is 0 Å². The molecule has 0 aliphatic rings. The second kappa shape index (κ2) is 6.87. The summed E-state index contributed by atoms with van der Waals surface area (Å²) in [4.78, 5) is 0. The summed E-state index contributed by atoms with van der Waals surface area (Å²) in [6.45, 7) is 6.29. The Bertz CT molecular complexity index is 326. The quantitative estimate of drug-likeness (QED) is 0.752. The monoisotopic (exact) mass is 243 g/mol. The molecule has 0 atom stereocenters. The van der Waals surface area contributed by atoms with Crippen molar-refractivity contribution in [3.63, 3.8) is 0 Å². The van der Waals surface area contributed by atoms with Crippen LogP contribution in [0.1, 0.15) is 25.8 Å². The summed E-state index contributed by atoms with van der Waals surface area (Å²) in [5.41, 5.74) is 0.746. The SMILES string of the molecule is CC(C)CNCCCc1ccc(Cl)cc1F. The van der Waals surface area contributed by atoms with Crippen LogP contribution in [0, 0.1) is 11.7 Å². The molecule has 0 bridgehead atoms. The molecule has 0 aliphatic heterocycles. The Kier molecular flexibility index (Phi) is 5.78. The Balaban J connectivity index is 2.27. The standard InChI is InChI=1S/C13H19ClFN/c1-10(2)9-16-7-3-4-11-5-6-12(14)8-13(11)15/h5-6,8,10,16H,3-4,7,9H2,1-2H3. The fourth-order valence-corrected chi connectivity index (χ4v) is 1.68. The van der Waals surface area contributed by atoms with E-state index in [4.69, 9.17) is 11.6 Å². The Morgan fingerprint density at radius 2 is 2.12 bits per heavy atom. The van der Waals surface area contributed by atoms with Crippen LogP contribution in [-0.2, 0) is 6.42 Å². The van der Waals surface area contributed by atoms with E-state index in [1.54, 1.807) is 12.1 Å². The van der Waals surface area contributed by atoms with Crippen molar-refractivity contribution in [2.24, 2.45) is 5.92 Å². The van der Waals surface area contributed by atoms with Crippen LogP contribution < -0.4 is 5.32 Å². The molecule has 16 heavy (non-hydrogen) atoms. The van der Waals surface area contributed by atoms with Crippen LogP contribution in [0.15, 0.2) is 18.2 Å². The summed E-state index contributed by atoms with van der Waals surface area (Å²) in [6.07, 6.45) is 1.71. The van der Waals surface area contributed by atoms with Crippen molar-refractivity contribution in [3.8, 4) is 0 Å². The Labute approximate surface area is 102 Å². The van der Waals surface area contributed by atoms with Crippen molar-refractivity contribution >= 4 is 11.6 Å². The van der Waals surface area contributed by atoms with Gasteiger partial charge in [-0.2, -0.15) is 0 Å². The van der Waals surface area contributed by atoms with Gasteiger partial charge in [0.2, 0.25) is 0 Å². The second-order valence-electron chi connectivity index (χ2n) is 4.44. The zero-order valence-electron chi connectivity index (χ0n) is 9.89. The lowest BCUT2D eigenvalue weighted by Gasteiger charge is -2.07. The van der Waals surface area contributed by atoms with Crippen LogP contribution in [0.25, 0.3) is 0 Å². The number of aryl methyl sites for hydroxylation is 1. The molecule has 0 aromatic heterocycles. The average Bonchev–Trinajstić information content (AvgIpc) is 2.20. The highest BCUT2D eigenvalue weighted by molar-refractivity contribution is 6.30. The van der Waals surface area contributed by atoms with E-state index in [-0.39, 0.29) is 5.82 Å². The fraction of sp³-hybridized carbons (Fsp3) is 0.538. The van der Waals surface area contributed by atoms with Gasteiger partial charge in [-0.15, -0.1) is 0 Å². The van der Waals surface area contributed by atoms with Crippen LogP contribution in [0.2, 0.25) is 5.02 Å². The molecule has 1 rings (SSSR count). The molecule has 0 radical (unpaired) electrons. The number of hydrogen-bond donors (Lipinski definition) is 1. The Morgan fingerprint density at radius 1 is 1.38 bits per heavy atom. The molecule has 3 heteroatoms. The summed E-state index contributed by atoms with van der Waals surface area (Å²) in [5, 5.41) is 3.79. The Morgan fingerprint density at radius 3 is 2.75 bits per heavy atom. The van der Waals surface area contributed by atoms with Gasteiger partial charge in [0.15, 0.2) is 0 Å². The van der Waals surface area contributed by atoms with Crippen molar-refractivity contribution < 1.29 is 4.39 Å². The van der Waals surface area contributed by atoms with Gasteiger partial charge in [0.25, 0.3) is 0 Å².